The van der Waals surface area contributed by atoms with Crippen LogP contribution in [-0.4, -0.2) is 55.1 Å². The predicted molar refractivity (Wildman–Crippen MR) is 150 cm³/mol. The van der Waals surface area contributed by atoms with Crippen LogP contribution in [0.15, 0.2) is 83.8 Å². The topological polar surface area (TPSA) is 86.8 Å². The second-order valence-electron chi connectivity index (χ2n) is 9.89. The Balaban J connectivity index is 1.98. The molecular formula is C30H37N3O4S. The second-order valence-corrected chi connectivity index (χ2v) is 11.9. The van der Waals surface area contributed by atoms with Crippen molar-refractivity contribution in [2.75, 3.05) is 13.6 Å². The molecule has 202 valence electrons. The van der Waals surface area contributed by atoms with Crippen LogP contribution in [0.3, 0.4) is 0 Å². The molecule has 8 heteroatoms. The van der Waals surface area contributed by atoms with Crippen molar-refractivity contribution in [1.82, 2.24) is 14.5 Å². The van der Waals surface area contributed by atoms with Gasteiger partial charge in [-0.25, -0.2) is 8.42 Å². The van der Waals surface area contributed by atoms with Gasteiger partial charge >= 0.3 is 0 Å². The molecular weight excluding hydrogens is 498 g/mol. The fourth-order valence-electron chi connectivity index (χ4n) is 4.16. The van der Waals surface area contributed by atoms with Gasteiger partial charge in [0, 0.05) is 26.1 Å². The average molecular weight is 536 g/mol. The zero-order chi connectivity index (χ0) is 27.9. The SMILES string of the molecule is Cc1ccc(S(=O)(=O)N(C)CC(=O)N(Cc2ccccc2C)C(Cc2ccccc2)C(=O)NC(C)C)cc1. The van der Waals surface area contributed by atoms with Crippen LogP contribution in [0.4, 0.5) is 0 Å². The van der Waals surface area contributed by atoms with E-state index in [-0.39, 0.29) is 23.4 Å². The average Bonchev–Trinajstić information content (AvgIpc) is 2.87. The first-order valence-electron chi connectivity index (χ1n) is 12.7. The number of sulfonamides is 1. The molecule has 0 heterocycles. The van der Waals surface area contributed by atoms with Gasteiger partial charge in [0.25, 0.3) is 0 Å². The van der Waals surface area contributed by atoms with Crippen LogP contribution in [0.1, 0.15) is 36.1 Å². The van der Waals surface area contributed by atoms with Gasteiger partial charge in [-0.2, -0.15) is 4.31 Å². The van der Waals surface area contributed by atoms with E-state index in [0.717, 1.165) is 26.6 Å². The third kappa shape index (κ3) is 7.52. The van der Waals surface area contributed by atoms with E-state index >= 15 is 0 Å². The first-order chi connectivity index (χ1) is 18.0. The Kier molecular flexibility index (Phi) is 9.83. The molecule has 1 atom stereocenters. The van der Waals surface area contributed by atoms with Gasteiger partial charge < -0.3 is 10.2 Å². The second kappa shape index (κ2) is 12.8. The van der Waals surface area contributed by atoms with Crippen molar-refractivity contribution in [3.63, 3.8) is 0 Å². The van der Waals surface area contributed by atoms with E-state index in [2.05, 4.69) is 5.32 Å². The maximum Gasteiger partial charge on any atom is 0.243 e. The van der Waals surface area contributed by atoms with Crippen LogP contribution in [0, 0.1) is 13.8 Å². The summed E-state index contributed by atoms with van der Waals surface area (Å²) >= 11 is 0. The van der Waals surface area contributed by atoms with Crippen LogP contribution in [0.25, 0.3) is 0 Å². The van der Waals surface area contributed by atoms with E-state index in [4.69, 9.17) is 0 Å². The number of likely N-dealkylation sites (N-methyl/N-ethyl adjacent to an activating group) is 1. The smallest absolute Gasteiger partial charge is 0.243 e. The zero-order valence-electron chi connectivity index (χ0n) is 22.7. The lowest BCUT2D eigenvalue weighted by molar-refractivity contribution is -0.141. The molecule has 2 amide bonds. The van der Waals surface area contributed by atoms with Crippen LogP contribution >= 0.6 is 0 Å². The molecule has 0 saturated carbocycles. The van der Waals surface area contributed by atoms with Gasteiger partial charge in [0.2, 0.25) is 21.8 Å². The van der Waals surface area contributed by atoms with Crippen LogP contribution in [0.5, 0.6) is 0 Å². The predicted octanol–water partition coefficient (Wildman–Crippen LogP) is 4.09. The summed E-state index contributed by atoms with van der Waals surface area (Å²) in [6.45, 7) is 7.34. The van der Waals surface area contributed by atoms with E-state index in [9.17, 15) is 18.0 Å². The minimum Gasteiger partial charge on any atom is -0.352 e. The molecule has 0 aromatic heterocycles. The molecule has 0 bridgehead atoms. The van der Waals surface area contributed by atoms with Crippen molar-refractivity contribution in [3.8, 4) is 0 Å². The van der Waals surface area contributed by atoms with Gasteiger partial charge in [-0.05, 0) is 56.5 Å². The number of carbonyl (C=O) groups is 2. The number of amides is 2. The number of rotatable bonds is 11. The zero-order valence-corrected chi connectivity index (χ0v) is 23.5. The highest BCUT2D eigenvalue weighted by atomic mass is 32.2. The highest BCUT2D eigenvalue weighted by Crippen LogP contribution is 2.20. The standard InChI is InChI=1S/C30H37N3O4S/c1-22(2)31-30(35)28(19-25-12-7-6-8-13-25)33(20-26-14-10-9-11-24(26)4)29(34)21-32(5)38(36,37)27-17-15-23(3)16-18-27/h6-18,22,28H,19-21H2,1-5H3,(H,31,35). The largest absolute Gasteiger partial charge is 0.352 e. The van der Waals surface area contributed by atoms with E-state index in [1.165, 1.54) is 24.1 Å². The lowest BCUT2D eigenvalue weighted by atomic mass is 10.0. The number of hydrogen-bond donors (Lipinski definition) is 1. The molecule has 0 aliphatic rings. The summed E-state index contributed by atoms with van der Waals surface area (Å²) in [4.78, 5) is 29.0. The Morgan fingerprint density at radius 3 is 2.08 bits per heavy atom. The first-order valence-corrected chi connectivity index (χ1v) is 14.1. The Morgan fingerprint density at radius 1 is 0.868 bits per heavy atom. The highest BCUT2D eigenvalue weighted by Gasteiger charge is 2.33. The van der Waals surface area contributed by atoms with E-state index in [1.807, 2.05) is 82.3 Å². The molecule has 0 radical (unpaired) electrons. The molecule has 0 aliphatic carbocycles. The van der Waals surface area contributed by atoms with E-state index in [0.29, 0.717) is 6.42 Å². The number of hydrogen-bond acceptors (Lipinski definition) is 4. The molecule has 38 heavy (non-hydrogen) atoms. The normalized spacial score (nSPS) is 12.4. The Morgan fingerprint density at radius 2 is 1.47 bits per heavy atom. The lowest BCUT2D eigenvalue weighted by Gasteiger charge is -2.33. The van der Waals surface area contributed by atoms with Crippen molar-refractivity contribution in [2.24, 2.45) is 0 Å². The number of nitrogens with one attached hydrogen (secondary N) is 1. The number of nitrogens with zero attached hydrogens (tertiary/aromatic N) is 2. The van der Waals surface area contributed by atoms with Gasteiger partial charge in [0.1, 0.15) is 6.04 Å². The molecule has 0 saturated heterocycles. The van der Waals surface area contributed by atoms with Crippen molar-refractivity contribution in [2.45, 2.75) is 57.6 Å². The van der Waals surface area contributed by atoms with Gasteiger partial charge in [-0.15, -0.1) is 0 Å². The summed E-state index contributed by atoms with van der Waals surface area (Å²) in [5, 5.41) is 2.95. The molecule has 0 fully saturated rings. The lowest BCUT2D eigenvalue weighted by Crippen LogP contribution is -2.54. The number of aryl methyl sites for hydroxylation is 2. The molecule has 3 aromatic carbocycles. The van der Waals surface area contributed by atoms with Crippen molar-refractivity contribution >= 4 is 21.8 Å². The van der Waals surface area contributed by atoms with Gasteiger partial charge in [0.15, 0.2) is 0 Å². The fourth-order valence-corrected chi connectivity index (χ4v) is 5.28. The van der Waals surface area contributed by atoms with Crippen LogP contribution in [-0.2, 0) is 32.6 Å². The van der Waals surface area contributed by atoms with Gasteiger partial charge in [-0.3, -0.25) is 9.59 Å². The summed E-state index contributed by atoms with van der Waals surface area (Å²) in [7, 11) is -2.52. The summed E-state index contributed by atoms with van der Waals surface area (Å²) in [5.74, 6) is -0.735. The molecule has 3 rings (SSSR count). The monoisotopic (exact) mass is 535 g/mol. The Hall–Kier alpha value is -3.49. The molecule has 3 aromatic rings. The third-order valence-corrected chi connectivity index (χ3v) is 8.21. The van der Waals surface area contributed by atoms with Gasteiger partial charge in [0.05, 0.1) is 11.4 Å². The first kappa shape index (κ1) is 29.1. The summed E-state index contributed by atoms with van der Waals surface area (Å²) in [6, 6.07) is 22.7. The molecule has 0 spiro atoms. The van der Waals surface area contributed by atoms with Crippen LogP contribution in [0.2, 0.25) is 0 Å². The van der Waals surface area contributed by atoms with E-state index < -0.39 is 28.5 Å². The maximum absolute atomic E-state index is 13.9. The molecule has 0 aliphatic heterocycles. The molecule has 1 N–H and O–H groups in total. The van der Waals surface area contributed by atoms with E-state index in [1.54, 1.807) is 12.1 Å². The van der Waals surface area contributed by atoms with Gasteiger partial charge in [-0.1, -0.05) is 72.3 Å². The molecule has 7 nitrogen and oxygen atoms in total. The van der Waals surface area contributed by atoms with Crippen molar-refractivity contribution in [3.05, 3.63) is 101 Å². The highest BCUT2D eigenvalue weighted by molar-refractivity contribution is 7.89. The molecule has 1 unspecified atom stereocenters. The third-order valence-electron chi connectivity index (χ3n) is 6.39. The Bertz CT molecular complexity index is 1340. The summed E-state index contributed by atoms with van der Waals surface area (Å²) in [6.07, 6.45) is 0.297. The summed E-state index contributed by atoms with van der Waals surface area (Å²) < 4.78 is 27.5. The minimum absolute atomic E-state index is 0.113. The van der Waals surface area contributed by atoms with Crippen LogP contribution < -0.4 is 5.32 Å². The fraction of sp³-hybridized carbons (Fsp3) is 0.333. The Labute approximate surface area is 226 Å². The minimum atomic E-state index is -3.90. The quantitative estimate of drug-likeness (QED) is 0.401. The number of benzene rings is 3. The van der Waals surface area contributed by atoms with Crippen molar-refractivity contribution < 1.29 is 18.0 Å². The maximum atomic E-state index is 13.9. The van der Waals surface area contributed by atoms with Crippen molar-refractivity contribution in [1.29, 1.82) is 0 Å². The summed E-state index contributed by atoms with van der Waals surface area (Å²) in [5.41, 5.74) is 3.71. The number of carbonyl (C=O) groups excluding carboxylic acids is 2.